The third kappa shape index (κ3) is 5.13. The number of halogens is 2. The highest BCUT2D eigenvalue weighted by molar-refractivity contribution is 5.91. The van der Waals surface area contributed by atoms with E-state index >= 15 is 0 Å². The highest BCUT2D eigenvalue weighted by Crippen LogP contribution is 2.23. The van der Waals surface area contributed by atoms with Gasteiger partial charge in [-0.2, -0.15) is 8.78 Å². The van der Waals surface area contributed by atoms with Crippen LogP contribution < -0.4 is 10.1 Å². The van der Waals surface area contributed by atoms with E-state index in [1.165, 1.54) is 24.6 Å². The van der Waals surface area contributed by atoms with Crippen LogP contribution in [0, 0.1) is 5.92 Å². The van der Waals surface area contributed by atoms with Crippen LogP contribution in [0.5, 0.6) is 5.75 Å². The van der Waals surface area contributed by atoms with E-state index in [2.05, 4.69) is 17.0 Å². The minimum Gasteiger partial charge on any atom is -0.435 e. The molecule has 1 aliphatic rings. The summed E-state index contributed by atoms with van der Waals surface area (Å²) < 4.78 is 28.4. The third-order valence-corrected chi connectivity index (χ3v) is 3.97. The summed E-state index contributed by atoms with van der Waals surface area (Å²) in [6.07, 6.45) is 7.71. The van der Waals surface area contributed by atoms with Crippen molar-refractivity contribution < 1.29 is 18.3 Å². The molecule has 1 aromatic carbocycles. The van der Waals surface area contributed by atoms with Gasteiger partial charge >= 0.3 is 6.61 Å². The molecule has 5 heteroatoms. The lowest BCUT2D eigenvalue weighted by Crippen LogP contribution is -2.40. The minimum absolute atomic E-state index is 0.104. The van der Waals surface area contributed by atoms with Gasteiger partial charge in [0.1, 0.15) is 5.75 Å². The molecule has 2 unspecified atom stereocenters. The number of alkyl halides is 2. The van der Waals surface area contributed by atoms with Crippen LogP contribution in [0.25, 0.3) is 6.08 Å². The summed E-state index contributed by atoms with van der Waals surface area (Å²) in [6.45, 7) is -0.667. The van der Waals surface area contributed by atoms with E-state index in [1.54, 1.807) is 18.2 Å². The van der Waals surface area contributed by atoms with Crippen molar-refractivity contribution in [1.29, 1.82) is 0 Å². The van der Waals surface area contributed by atoms with Gasteiger partial charge in [-0.15, -0.1) is 0 Å². The van der Waals surface area contributed by atoms with E-state index in [4.69, 9.17) is 0 Å². The van der Waals surface area contributed by atoms with Gasteiger partial charge in [-0.3, -0.25) is 4.79 Å². The summed E-state index contributed by atoms with van der Waals surface area (Å²) in [5, 5.41) is 3.03. The second-order valence-electron chi connectivity index (χ2n) is 5.66. The SMILES string of the molecule is CC1CCCCC1NC(=O)C=Cc1ccc(OC(F)F)cc1. The molecule has 1 amide bonds. The number of nitrogens with one attached hydrogen (secondary N) is 1. The van der Waals surface area contributed by atoms with Gasteiger partial charge in [0.05, 0.1) is 0 Å². The van der Waals surface area contributed by atoms with Gasteiger partial charge in [-0.05, 0) is 42.5 Å². The van der Waals surface area contributed by atoms with Crippen molar-refractivity contribution in [2.75, 3.05) is 0 Å². The number of amides is 1. The molecule has 1 aliphatic carbocycles. The highest BCUT2D eigenvalue weighted by Gasteiger charge is 2.21. The minimum atomic E-state index is -2.83. The summed E-state index contributed by atoms with van der Waals surface area (Å²) >= 11 is 0. The maximum absolute atomic E-state index is 12.0. The third-order valence-electron chi connectivity index (χ3n) is 3.97. The van der Waals surface area contributed by atoms with Gasteiger partial charge < -0.3 is 10.1 Å². The first-order chi connectivity index (χ1) is 10.5. The van der Waals surface area contributed by atoms with Gasteiger partial charge in [0.15, 0.2) is 0 Å². The fourth-order valence-corrected chi connectivity index (χ4v) is 2.69. The zero-order valence-electron chi connectivity index (χ0n) is 12.6. The molecule has 0 spiro atoms. The normalized spacial score (nSPS) is 22.0. The molecule has 1 N–H and O–H groups in total. The van der Waals surface area contributed by atoms with Crippen molar-refractivity contribution in [2.24, 2.45) is 5.92 Å². The summed E-state index contributed by atoms with van der Waals surface area (Å²) in [6, 6.07) is 6.41. The topological polar surface area (TPSA) is 38.3 Å². The number of carbonyl (C=O) groups excluding carboxylic acids is 1. The van der Waals surface area contributed by atoms with Crippen molar-refractivity contribution >= 4 is 12.0 Å². The van der Waals surface area contributed by atoms with E-state index < -0.39 is 6.61 Å². The van der Waals surface area contributed by atoms with Crippen molar-refractivity contribution in [3.05, 3.63) is 35.9 Å². The molecular formula is C17H21F2NO2. The van der Waals surface area contributed by atoms with Crippen molar-refractivity contribution in [3.63, 3.8) is 0 Å². The van der Waals surface area contributed by atoms with Crippen LogP contribution in [0.3, 0.4) is 0 Å². The van der Waals surface area contributed by atoms with E-state index in [-0.39, 0.29) is 17.7 Å². The Kier molecular flexibility index (Phi) is 5.92. The molecule has 3 nitrogen and oxygen atoms in total. The number of rotatable bonds is 5. The number of hydrogen-bond donors (Lipinski definition) is 1. The van der Waals surface area contributed by atoms with Gasteiger partial charge in [-0.1, -0.05) is 31.9 Å². The van der Waals surface area contributed by atoms with E-state index in [1.807, 2.05) is 0 Å². The van der Waals surface area contributed by atoms with Crippen LogP contribution in [0.2, 0.25) is 0 Å². The van der Waals surface area contributed by atoms with Crippen LogP contribution in [0.1, 0.15) is 38.2 Å². The Morgan fingerprint density at radius 3 is 2.59 bits per heavy atom. The molecule has 0 radical (unpaired) electrons. The Morgan fingerprint density at radius 2 is 1.95 bits per heavy atom. The Labute approximate surface area is 129 Å². The van der Waals surface area contributed by atoms with Crippen LogP contribution >= 0.6 is 0 Å². The van der Waals surface area contributed by atoms with Gasteiger partial charge in [-0.25, -0.2) is 0 Å². The number of ether oxygens (including phenoxy) is 1. The summed E-state index contributed by atoms with van der Waals surface area (Å²) in [4.78, 5) is 11.9. The molecule has 0 heterocycles. The fraction of sp³-hybridized carbons (Fsp3) is 0.471. The van der Waals surface area contributed by atoms with Gasteiger partial charge in [0.2, 0.25) is 5.91 Å². The van der Waals surface area contributed by atoms with Crippen LogP contribution in [-0.4, -0.2) is 18.6 Å². The predicted octanol–water partition coefficient (Wildman–Crippen LogP) is 4.00. The molecule has 1 fully saturated rings. The molecule has 0 bridgehead atoms. The highest BCUT2D eigenvalue weighted by atomic mass is 19.3. The molecule has 0 saturated heterocycles. The maximum Gasteiger partial charge on any atom is 0.387 e. The molecule has 1 aromatic rings. The standard InChI is InChI=1S/C17H21F2NO2/c1-12-4-2-3-5-15(12)20-16(21)11-8-13-6-9-14(10-7-13)22-17(18)19/h6-12,15,17H,2-5H2,1H3,(H,20,21). The number of carbonyl (C=O) groups is 1. The number of hydrogen-bond acceptors (Lipinski definition) is 2. The van der Waals surface area contributed by atoms with Crippen molar-refractivity contribution in [2.45, 2.75) is 45.3 Å². The molecular weight excluding hydrogens is 288 g/mol. The average Bonchev–Trinajstić information content (AvgIpc) is 2.48. The monoisotopic (exact) mass is 309 g/mol. The lowest BCUT2D eigenvalue weighted by atomic mass is 9.86. The lowest BCUT2D eigenvalue weighted by molar-refractivity contribution is -0.117. The van der Waals surface area contributed by atoms with Crippen molar-refractivity contribution in [1.82, 2.24) is 5.32 Å². The smallest absolute Gasteiger partial charge is 0.387 e. The number of benzene rings is 1. The predicted molar refractivity (Wildman–Crippen MR) is 81.7 cm³/mol. The zero-order valence-corrected chi connectivity index (χ0v) is 12.6. The largest absolute Gasteiger partial charge is 0.435 e. The van der Waals surface area contributed by atoms with E-state index in [9.17, 15) is 13.6 Å². The lowest BCUT2D eigenvalue weighted by Gasteiger charge is -2.29. The molecule has 1 saturated carbocycles. The van der Waals surface area contributed by atoms with Crippen LogP contribution in [0.15, 0.2) is 30.3 Å². The Balaban J connectivity index is 1.86. The van der Waals surface area contributed by atoms with Crippen LogP contribution in [-0.2, 0) is 4.79 Å². The molecule has 2 atom stereocenters. The summed E-state index contributed by atoms with van der Waals surface area (Å²) in [5.74, 6) is 0.496. The molecule has 0 aromatic heterocycles. The fourth-order valence-electron chi connectivity index (χ4n) is 2.69. The maximum atomic E-state index is 12.0. The first kappa shape index (κ1) is 16.5. The second kappa shape index (κ2) is 7.92. The molecule has 22 heavy (non-hydrogen) atoms. The zero-order chi connectivity index (χ0) is 15.9. The first-order valence-corrected chi connectivity index (χ1v) is 7.58. The van der Waals surface area contributed by atoms with Crippen LogP contribution in [0.4, 0.5) is 8.78 Å². The molecule has 2 rings (SSSR count). The van der Waals surface area contributed by atoms with Crippen molar-refractivity contribution in [3.8, 4) is 5.75 Å². The van der Waals surface area contributed by atoms with Gasteiger partial charge in [0, 0.05) is 12.1 Å². The second-order valence-corrected chi connectivity index (χ2v) is 5.66. The molecule has 0 aliphatic heterocycles. The average molecular weight is 309 g/mol. The van der Waals surface area contributed by atoms with Gasteiger partial charge in [0.25, 0.3) is 0 Å². The molecule has 120 valence electrons. The summed E-state index contributed by atoms with van der Waals surface area (Å²) in [7, 11) is 0. The van der Waals surface area contributed by atoms with E-state index in [0.29, 0.717) is 5.92 Å². The Bertz CT molecular complexity index is 514. The Hall–Kier alpha value is -1.91. The Morgan fingerprint density at radius 1 is 1.27 bits per heavy atom. The quantitative estimate of drug-likeness (QED) is 0.835. The first-order valence-electron chi connectivity index (χ1n) is 7.58. The summed E-state index contributed by atoms with van der Waals surface area (Å²) in [5.41, 5.74) is 0.758. The van der Waals surface area contributed by atoms with E-state index in [0.717, 1.165) is 24.8 Å².